The SMILES string of the molecule is CS(=O)(=O)N(Cc1ccccc1F)c1ccc(OCC(=O)NCCO)cc1. The zero-order chi connectivity index (χ0) is 19.9. The fourth-order valence-electron chi connectivity index (χ4n) is 2.29. The number of halogens is 1. The highest BCUT2D eigenvalue weighted by Gasteiger charge is 2.19. The van der Waals surface area contributed by atoms with E-state index in [-0.39, 0.29) is 37.8 Å². The summed E-state index contributed by atoms with van der Waals surface area (Å²) >= 11 is 0. The molecule has 9 heteroatoms. The summed E-state index contributed by atoms with van der Waals surface area (Å²) < 4.78 is 44.6. The number of carbonyl (C=O) groups excluding carboxylic acids is 1. The van der Waals surface area contributed by atoms with Gasteiger partial charge in [-0.15, -0.1) is 0 Å². The van der Waals surface area contributed by atoms with Crippen LogP contribution in [0.15, 0.2) is 48.5 Å². The van der Waals surface area contributed by atoms with E-state index in [0.717, 1.165) is 10.6 Å². The summed E-state index contributed by atoms with van der Waals surface area (Å²) in [7, 11) is -3.64. The summed E-state index contributed by atoms with van der Waals surface area (Å²) in [6, 6.07) is 12.0. The molecule has 0 fully saturated rings. The Balaban J connectivity index is 2.11. The van der Waals surface area contributed by atoms with Crippen molar-refractivity contribution in [2.24, 2.45) is 0 Å². The van der Waals surface area contributed by atoms with Gasteiger partial charge in [-0.2, -0.15) is 0 Å². The highest BCUT2D eigenvalue weighted by molar-refractivity contribution is 7.92. The largest absolute Gasteiger partial charge is 0.484 e. The Kier molecular flexibility index (Phi) is 7.14. The molecule has 2 N–H and O–H groups in total. The summed E-state index contributed by atoms with van der Waals surface area (Å²) in [5.41, 5.74) is 0.599. The van der Waals surface area contributed by atoms with Crippen molar-refractivity contribution in [2.75, 3.05) is 30.3 Å². The van der Waals surface area contributed by atoms with Crippen LogP contribution in [-0.2, 0) is 21.4 Å². The molecule has 27 heavy (non-hydrogen) atoms. The number of hydrogen-bond acceptors (Lipinski definition) is 5. The van der Waals surface area contributed by atoms with E-state index < -0.39 is 15.8 Å². The number of nitrogens with one attached hydrogen (secondary N) is 1. The van der Waals surface area contributed by atoms with E-state index in [9.17, 15) is 17.6 Å². The Morgan fingerprint density at radius 1 is 1.19 bits per heavy atom. The standard InChI is InChI=1S/C18H21FN2O5S/c1-27(24,25)21(12-14-4-2-3-5-17(14)19)15-6-8-16(9-7-15)26-13-18(23)20-10-11-22/h2-9,22H,10-13H2,1H3,(H,20,23). The van der Waals surface area contributed by atoms with E-state index in [1.165, 1.54) is 42.5 Å². The number of ether oxygens (including phenoxy) is 1. The molecular weight excluding hydrogens is 375 g/mol. The molecule has 7 nitrogen and oxygen atoms in total. The van der Waals surface area contributed by atoms with Gasteiger partial charge in [0.1, 0.15) is 11.6 Å². The summed E-state index contributed by atoms with van der Waals surface area (Å²) in [6.07, 6.45) is 1.05. The second-order valence-corrected chi connectivity index (χ2v) is 7.62. The fraction of sp³-hybridized carbons (Fsp3) is 0.278. The van der Waals surface area contributed by atoms with Gasteiger partial charge in [0.15, 0.2) is 6.61 Å². The fourth-order valence-corrected chi connectivity index (χ4v) is 3.16. The van der Waals surface area contributed by atoms with E-state index in [4.69, 9.17) is 9.84 Å². The van der Waals surface area contributed by atoms with Crippen LogP contribution in [0.1, 0.15) is 5.56 Å². The van der Waals surface area contributed by atoms with Gasteiger partial charge in [-0.1, -0.05) is 18.2 Å². The first-order valence-corrected chi connectivity index (χ1v) is 9.97. The molecule has 0 saturated heterocycles. The van der Waals surface area contributed by atoms with Crippen molar-refractivity contribution in [1.82, 2.24) is 5.32 Å². The van der Waals surface area contributed by atoms with Crippen LogP contribution in [0.3, 0.4) is 0 Å². The Bertz CT molecular complexity index is 872. The Morgan fingerprint density at radius 2 is 1.85 bits per heavy atom. The highest BCUT2D eigenvalue weighted by atomic mass is 32.2. The predicted molar refractivity (Wildman–Crippen MR) is 99.5 cm³/mol. The molecule has 0 aromatic heterocycles. The van der Waals surface area contributed by atoms with Gasteiger partial charge in [-0.25, -0.2) is 12.8 Å². The average Bonchev–Trinajstić information content (AvgIpc) is 2.63. The van der Waals surface area contributed by atoms with E-state index in [1.54, 1.807) is 6.07 Å². The van der Waals surface area contributed by atoms with Gasteiger partial charge in [-0.05, 0) is 30.3 Å². The van der Waals surface area contributed by atoms with Crippen molar-refractivity contribution in [3.05, 3.63) is 59.9 Å². The van der Waals surface area contributed by atoms with Gasteiger partial charge in [-0.3, -0.25) is 9.10 Å². The smallest absolute Gasteiger partial charge is 0.258 e. The Labute approximate surface area is 157 Å². The Morgan fingerprint density at radius 3 is 2.44 bits per heavy atom. The maximum Gasteiger partial charge on any atom is 0.258 e. The van der Waals surface area contributed by atoms with Crippen molar-refractivity contribution in [3.63, 3.8) is 0 Å². The highest BCUT2D eigenvalue weighted by Crippen LogP contribution is 2.24. The molecule has 0 radical (unpaired) electrons. The topological polar surface area (TPSA) is 95.9 Å². The van der Waals surface area contributed by atoms with E-state index in [0.29, 0.717) is 11.4 Å². The van der Waals surface area contributed by atoms with Gasteiger partial charge in [0.25, 0.3) is 5.91 Å². The van der Waals surface area contributed by atoms with Gasteiger partial charge in [0.2, 0.25) is 10.0 Å². The van der Waals surface area contributed by atoms with Gasteiger partial charge >= 0.3 is 0 Å². The number of aliphatic hydroxyl groups excluding tert-OH is 1. The van der Waals surface area contributed by atoms with E-state index >= 15 is 0 Å². The number of anilines is 1. The first-order valence-electron chi connectivity index (χ1n) is 8.13. The van der Waals surface area contributed by atoms with Gasteiger partial charge in [0, 0.05) is 12.1 Å². The molecule has 0 atom stereocenters. The van der Waals surface area contributed by atoms with Gasteiger partial charge in [0.05, 0.1) is 25.1 Å². The average molecular weight is 396 g/mol. The maximum absolute atomic E-state index is 13.9. The second-order valence-electron chi connectivity index (χ2n) is 5.72. The number of sulfonamides is 1. The number of benzene rings is 2. The zero-order valence-corrected chi connectivity index (χ0v) is 15.6. The molecule has 0 saturated carbocycles. The van der Waals surface area contributed by atoms with Gasteiger partial charge < -0.3 is 15.2 Å². The molecular formula is C18H21FN2O5S. The zero-order valence-electron chi connectivity index (χ0n) is 14.8. The summed E-state index contributed by atoms with van der Waals surface area (Å²) in [5.74, 6) is -0.498. The molecule has 2 aromatic carbocycles. The second kappa shape index (κ2) is 9.33. The monoisotopic (exact) mass is 396 g/mol. The van der Waals surface area contributed by atoms with E-state index in [1.807, 2.05) is 0 Å². The lowest BCUT2D eigenvalue weighted by Crippen LogP contribution is -2.31. The maximum atomic E-state index is 13.9. The van der Waals surface area contributed by atoms with Crippen LogP contribution in [0.5, 0.6) is 5.75 Å². The van der Waals surface area contributed by atoms with Crippen molar-refractivity contribution in [2.45, 2.75) is 6.54 Å². The number of rotatable bonds is 9. The minimum atomic E-state index is -3.64. The molecule has 146 valence electrons. The Hall–Kier alpha value is -2.65. The first-order chi connectivity index (χ1) is 12.8. The van der Waals surface area contributed by atoms with E-state index in [2.05, 4.69) is 5.32 Å². The van der Waals surface area contributed by atoms with Crippen LogP contribution in [0.4, 0.5) is 10.1 Å². The summed E-state index contributed by atoms with van der Waals surface area (Å²) in [4.78, 5) is 11.4. The van der Waals surface area contributed by atoms with Crippen molar-refractivity contribution in [3.8, 4) is 5.75 Å². The van der Waals surface area contributed by atoms with Crippen LogP contribution in [0, 0.1) is 5.82 Å². The molecule has 0 bridgehead atoms. The molecule has 2 aromatic rings. The number of hydrogen-bond donors (Lipinski definition) is 2. The van der Waals surface area contributed by atoms with Crippen molar-refractivity contribution >= 4 is 21.6 Å². The minimum Gasteiger partial charge on any atom is -0.484 e. The number of amides is 1. The third-order valence-electron chi connectivity index (χ3n) is 3.60. The van der Waals surface area contributed by atoms with Crippen molar-refractivity contribution in [1.29, 1.82) is 0 Å². The van der Waals surface area contributed by atoms with Crippen LogP contribution in [0.2, 0.25) is 0 Å². The first kappa shape index (κ1) is 20.7. The third-order valence-corrected chi connectivity index (χ3v) is 4.74. The molecule has 2 rings (SSSR count). The lowest BCUT2D eigenvalue weighted by molar-refractivity contribution is -0.123. The van der Waals surface area contributed by atoms with Crippen LogP contribution < -0.4 is 14.4 Å². The van der Waals surface area contributed by atoms with Crippen LogP contribution in [0.25, 0.3) is 0 Å². The molecule has 0 aliphatic rings. The number of nitrogens with zero attached hydrogens (tertiary/aromatic N) is 1. The van der Waals surface area contributed by atoms with Crippen LogP contribution >= 0.6 is 0 Å². The molecule has 0 aliphatic carbocycles. The van der Waals surface area contributed by atoms with Crippen molar-refractivity contribution < 1.29 is 27.4 Å². The summed E-state index contributed by atoms with van der Waals surface area (Å²) in [6.45, 7) is -0.399. The predicted octanol–water partition coefficient (Wildman–Crippen LogP) is 1.28. The van der Waals surface area contributed by atoms with Crippen LogP contribution in [-0.4, -0.2) is 45.4 Å². The normalized spacial score (nSPS) is 11.1. The summed E-state index contributed by atoms with van der Waals surface area (Å²) in [5, 5.41) is 11.1. The lowest BCUT2D eigenvalue weighted by atomic mass is 10.2. The molecule has 0 aliphatic heterocycles. The number of aliphatic hydroxyl groups is 1. The minimum absolute atomic E-state index is 0.139. The quantitative estimate of drug-likeness (QED) is 0.666. The number of carbonyl (C=O) groups is 1. The molecule has 0 spiro atoms. The third kappa shape index (κ3) is 6.22. The molecule has 0 heterocycles. The molecule has 1 amide bonds. The molecule has 0 unspecified atom stereocenters. The lowest BCUT2D eigenvalue weighted by Gasteiger charge is -2.23.